The fourth-order valence-electron chi connectivity index (χ4n) is 3.04. The van der Waals surface area contributed by atoms with Crippen molar-refractivity contribution >= 4 is 16.7 Å². The first-order chi connectivity index (χ1) is 10.1. The monoisotopic (exact) mass is 279 g/mol. The van der Waals surface area contributed by atoms with Crippen LogP contribution in [0.25, 0.3) is 11.0 Å². The van der Waals surface area contributed by atoms with Crippen molar-refractivity contribution in [2.75, 3.05) is 5.73 Å². The van der Waals surface area contributed by atoms with Crippen molar-refractivity contribution in [1.29, 1.82) is 0 Å². The lowest BCUT2D eigenvalue weighted by atomic mass is 10.0. The van der Waals surface area contributed by atoms with Gasteiger partial charge in [0.1, 0.15) is 5.82 Å². The lowest BCUT2D eigenvalue weighted by molar-refractivity contribution is 0.620. The quantitative estimate of drug-likeness (QED) is 0.734. The molecule has 1 heterocycles. The topological polar surface area (TPSA) is 43.8 Å². The summed E-state index contributed by atoms with van der Waals surface area (Å²) in [7, 11) is 0. The molecule has 1 aromatic heterocycles. The maximum atomic E-state index is 5.89. The molecular weight excluding hydrogens is 258 g/mol. The normalized spacial score (nSPS) is 12.7. The van der Waals surface area contributed by atoms with Crippen LogP contribution in [0, 0.1) is 6.92 Å². The molecule has 1 atom stereocenters. The molecule has 0 spiro atoms. The maximum Gasteiger partial charge on any atom is 0.110 e. The molecule has 108 valence electrons. The summed E-state index contributed by atoms with van der Waals surface area (Å²) in [5.41, 5.74) is 11.4. The van der Waals surface area contributed by atoms with Crippen LogP contribution in [0.2, 0.25) is 0 Å². The van der Waals surface area contributed by atoms with Crippen LogP contribution in [0.3, 0.4) is 0 Å². The Bertz CT molecular complexity index is 786. The van der Waals surface area contributed by atoms with E-state index in [9.17, 15) is 0 Å². The van der Waals surface area contributed by atoms with Crippen molar-refractivity contribution in [1.82, 2.24) is 9.55 Å². The number of rotatable bonds is 3. The van der Waals surface area contributed by atoms with E-state index in [0.717, 1.165) is 29.0 Å². The Labute approximate surface area is 125 Å². The summed E-state index contributed by atoms with van der Waals surface area (Å²) >= 11 is 0. The lowest BCUT2D eigenvalue weighted by Gasteiger charge is -2.19. The van der Waals surface area contributed by atoms with Gasteiger partial charge in [-0.1, -0.05) is 31.2 Å². The number of hydrogen-bond donors (Lipinski definition) is 1. The molecule has 0 aliphatic carbocycles. The largest absolute Gasteiger partial charge is 0.399 e. The number of aromatic nitrogens is 2. The second-order valence-electron chi connectivity index (χ2n) is 5.53. The van der Waals surface area contributed by atoms with Gasteiger partial charge in [-0.05, 0) is 43.2 Å². The molecule has 0 amide bonds. The molecular formula is C18H21N3. The van der Waals surface area contributed by atoms with E-state index in [1.165, 1.54) is 11.1 Å². The Morgan fingerprint density at radius 3 is 2.67 bits per heavy atom. The second kappa shape index (κ2) is 5.24. The molecule has 0 fully saturated rings. The van der Waals surface area contributed by atoms with Gasteiger partial charge in [0.05, 0.1) is 17.1 Å². The van der Waals surface area contributed by atoms with E-state index in [2.05, 4.69) is 55.7 Å². The number of imidazole rings is 1. The summed E-state index contributed by atoms with van der Waals surface area (Å²) in [5, 5.41) is 0. The highest BCUT2D eigenvalue weighted by atomic mass is 15.1. The molecule has 3 nitrogen and oxygen atoms in total. The standard InChI is InChI=1S/C18H21N3/c1-4-18-20-16-11-14(19)9-10-17(16)21(18)13(3)15-8-6-5-7-12(15)2/h5-11,13H,4,19H2,1-3H3. The lowest BCUT2D eigenvalue weighted by Crippen LogP contribution is -2.11. The Hall–Kier alpha value is -2.29. The number of nitrogens with two attached hydrogens (primary N) is 1. The molecule has 0 bridgehead atoms. The average Bonchev–Trinajstić information content (AvgIpc) is 2.84. The third-order valence-corrected chi connectivity index (χ3v) is 4.13. The molecule has 3 rings (SSSR count). The van der Waals surface area contributed by atoms with Gasteiger partial charge in [0.2, 0.25) is 0 Å². The second-order valence-corrected chi connectivity index (χ2v) is 5.53. The van der Waals surface area contributed by atoms with E-state index in [-0.39, 0.29) is 6.04 Å². The molecule has 3 heteroatoms. The predicted octanol–water partition coefficient (Wildman–Crippen LogP) is 4.10. The van der Waals surface area contributed by atoms with Gasteiger partial charge in [0.25, 0.3) is 0 Å². The number of anilines is 1. The summed E-state index contributed by atoms with van der Waals surface area (Å²) in [6.45, 7) is 6.54. The van der Waals surface area contributed by atoms with E-state index in [1.807, 2.05) is 12.1 Å². The van der Waals surface area contributed by atoms with Gasteiger partial charge in [0.15, 0.2) is 0 Å². The molecule has 2 N–H and O–H groups in total. The van der Waals surface area contributed by atoms with E-state index < -0.39 is 0 Å². The third kappa shape index (κ3) is 2.29. The van der Waals surface area contributed by atoms with Crippen molar-refractivity contribution in [2.45, 2.75) is 33.2 Å². The van der Waals surface area contributed by atoms with Crippen molar-refractivity contribution in [3.63, 3.8) is 0 Å². The van der Waals surface area contributed by atoms with Crippen LogP contribution >= 0.6 is 0 Å². The molecule has 0 aliphatic rings. The van der Waals surface area contributed by atoms with Gasteiger partial charge >= 0.3 is 0 Å². The number of fused-ring (bicyclic) bond motifs is 1. The Morgan fingerprint density at radius 1 is 1.19 bits per heavy atom. The molecule has 21 heavy (non-hydrogen) atoms. The summed E-state index contributed by atoms with van der Waals surface area (Å²) < 4.78 is 2.33. The van der Waals surface area contributed by atoms with Crippen LogP contribution in [0.4, 0.5) is 5.69 Å². The maximum absolute atomic E-state index is 5.89. The van der Waals surface area contributed by atoms with Gasteiger partial charge in [-0.3, -0.25) is 0 Å². The highest BCUT2D eigenvalue weighted by molar-refractivity contribution is 5.80. The first-order valence-electron chi connectivity index (χ1n) is 7.43. The summed E-state index contributed by atoms with van der Waals surface area (Å²) in [6.07, 6.45) is 0.908. The average molecular weight is 279 g/mol. The van der Waals surface area contributed by atoms with Crippen LogP contribution in [0.15, 0.2) is 42.5 Å². The third-order valence-electron chi connectivity index (χ3n) is 4.13. The molecule has 0 saturated heterocycles. The molecule has 0 aliphatic heterocycles. The van der Waals surface area contributed by atoms with Gasteiger partial charge in [-0.25, -0.2) is 4.98 Å². The van der Waals surface area contributed by atoms with Gasteiger partial charge in [-0.15, -0.1) is 0 Å². The minimum Gasteiger partial charge on any atom is -0.399 e. The zero-order valence-electron chi connectivity index (χ0n) is 12.8. The molecule has 0 radical (unpaired) electrons. The fraction of sp³-hybridized carbons (Fsp3) is 0.278. The van der Waals surface area contributed by atoms with Gasteiger partial charge < -0.3 is 10.3 Å². The molecule has 3 aromatic rings. The van der Waals surface area contributed by atoms with Crippen molar-refractivity contribution in [3.8, 4) is 0 Å². The van der Waals surface area contributed by atoms with E-state index in [0.29, 0.717) is 0 Å². The van der Waals surface area contributed by atoms with Crippen LogP contribution in [-0.4, -0.2) is 9.55 Å². The highest BCUT2D eigenvalue weighted by Crippen LogP contribution is 2.28. The number of nitrogens with zero attached hydrogens (tertiary/aromatic N) is 2. The summed E-state index contributed by atoms with van der Waals surface area (Å²) in [5.74, 6) is 1.10. The summed E-state index contributed by atoms with van der Waals surface area (Å²) in [6, 6.07) is 14.8. The Kier molecular flexibility index (Phi) is 3.42. The van der Waals surface area contributed by atoms with Gasteiger partial charge in [-0.2, -0.15) is 0 Å². The highest BCUT2D eigenvalue weighted by Gasteiger charge is 2.17. The first-order valence-corrected chi connectivity index (χ1v) is 7.43. The van der Waals surface area contributed by atoms with Crippen LogP contribution in [0.5, 0.6) is 0 Å². The Morgan fingerprint density at radius 2 is 1.95 bits per heavy atom. The van der Waals surface area contributed by atoms with Crippen LogP contribution in [-0.2, 0) is 6.42 Å². The Balaban J connectivity index is 2.21. The molecule has 1 unspecified atom stereocenters. The van der Waals surface area contributed by atoms with Crippen molar-refractivity contribution < 1.29 is 0 Å². The first kappa shape index (κ1) is 13.7. The van der Waals surface area contributed by atoms with Crippen molar-refractivity contribution in [2.24, 2.45) is 0 Å². The molecule has 2 aromatic carbocycles. The number of aryl methyl sites for hydroxylation is 2. The fourth-order valence-corrected chi connectivity index (χ4v) is 3.04. The van der Waals surface area contributed by atoms with Crippen molar-refractivity contribution in [3.05, 3.63) is 59.4 Å². The number of hydrogen-bond acceptors (Lipinski definition) is 2. The molecule has 0 saturated carbocycles. The van der Waals surface area contributed by atoms with E-state index >= 15 is 0 Å². The van der Waals surface area contributed by atoms with Crippen LogP contribution in [0.1, 0.15) is 36.8 Å². The van der Waals surface area contributed by atoms with Gasteiger partial charge in [0, 0.05) is 12.1 Å². The minimum atomic E-state index is 0.259. The predicted molar refractivity (Wildman–Crippen MR) is 88.5 cm³/mol. The minimum absolute atomic E-state index is 0.259. The smallest absolute Gasteiger partial charge is 0.110 e. The van der Waals surface area contributed by atoms with Crippen LogP contribution < -0.4 is 5.73 Å². The zero-order chi connectivity index (χ0) is 15.0. The zero-order valence-corrected chi connectivity index (χ0v) is 12.8. The van der Waals surface area contributed by atoms with E-state index in [1.54, 1.807) is 0 Å². The number of benzene rings is 2. The number of nitrogen functional groups attached to an aromatic ring is 1. The summed E-state index contributed by atoms with van der Waals surface area (Å²) in [4.78, 5) is 4.75. The SMILES string of the molecule is CCc1nc2cc(N)ccc2n1C(C)c1ccccc1C. The van der Waals surface area contributed by atoms with E-state index in [4.69, 9.17) is 10.7 Å².